The molecular weight excluding hydrogens is 137 g/mol. The summed E-state index contributed by atoms with van der Waals surface area (Å²) >= 11 is 1.32. The Kier molecular flexibility index (Phi) is 4.62. The SMILES string of the molecule is [B]CSCC(N)C(=O)O. The van der Waals surface area contributed by atoms with Gasteiger partial charge >= 0.3 is 5.97 Å². The van der Waals surface area contributed by atoms with Crippen LogP contribution in [0.5, 0.6) is 0 Å². The lowest BCUT2D eigenvalue weighted by molar-refractivity contribution is -0.137. The van der Waals surface area contributed by atoms with E-state index in [1.165, 1.54) is 11.8 Å². The Labute approximate surface area is 59.4 Å². The van der Waals surface area contributed by atoms with Gasteiger partial charge in [-0.2, -0.15) is 11.8 Å². The molecule has 0 aromatic rings. The third kappa shape index (κ3) is 4.35. The van der Waals surface area contributed by atoms with Crippen LogP contribution in [-0.2, 0) is 4.79 Å². The summed E-state index contributed by atoms with van der Waals surface area (Å²) < 4.78 is 0. The molecule has 1 atom stereocenters. The molecule has 0 aromatic heterocycles. The van der Waals surface area contributed by atoms with Crippen molar-refractivity contribution in [3.63, 3.8) is 0 Å². The molecule has 0 amide bonds. The minimum atomic E-state index is -0.976. The number of rotatable bonds is 4. The van der Waals surface area contributed by atoms with Crippen LogP contribution in [0.1, 0.15) is 0 Å². The van der Waals surface area contributed by atoms with Gasteiger partial charge in [0.1, 0.15) is 6.04 Å². The van der Waals surface area contributed by atoms with Crippen molar-refractivity contribution in [1.29, 1.82) is 0 Å². The van der Waals surface area contributed by atoms with Crippen LogP contribution in [0.4, 0.5) is 0 Å². The highest BCUT2D eigenvalue weighted by molar-refractivity contribution is 8.00. The lowest BCUT2D eigenvalue weighted by Gasteiger charge is -2.02. The molecule has 1 unspecified atom stereocenters. The minimum absolute atomic E-state index is 0.381. The first-order chi connectivity index (χ1) is 4.18. The molecule has 0 spiro atoms. The Morgan fingerprint density at radius 2 is 2.44 bits per heavy atom. The van der Waals surface area contributed by atoms with Crippen LogP contribution in [0.25, 0.3) is 0 Å². The summed E-state index contributed by atoms with van der Waals surface area (Å²) in [6, 6.07) is -0.779. The predicted molar refractivity (Wildman–Crippen MR) is 38.7 cm³/mol. The fraction of sp³-hybridized carbons (Fsp3) is 0.750. The van der Waals surface area contributed by atoms with Gasteiger partial charge in [0.15, 0.2) is 0 Å². The molecule has 0 bridgehead atoms. The fourth-order valence-corrected chi connectivity index (χ4v) is 0.799. The number of thioether (sulfide) groups is 1. The van der Waals surface area contributed by atoms with Crippen molar-refractivity contribution in [2.24, 2.45) is 5.73 Å². The maximum Gasteiger partial charge on any atom is 0.321 e. The molecule has 5 heteroatoms. The molecule has 3 nitrogen and oxygen atoms in total. The van der Waals surface area contributed by atoms with Crippen molar-refractivity contribution >= 4 is 25.6 Å². The molecule has 0 aliphatic heterocycles. The van der Waals surface area contributed by atoms with Crippen LogP contribution in [0.3, 0.4) is 0 Å². The number of hydrogen-bond acceptors (Lipinski definition) is 3. The second-order valence-electron chi connectivity index (χ2n) is 1.48. The van der Waals surface area contributed by atoms with Gasteiger partial charge in [-0.15, -0.1) is 0 Å². The van der Waals surface area contributed by atoms with Gasteiger partial charge in [0.25, 0.3) is 0 Å². The second kappa shape index (κ2) is 4.70. The van der Waals surface area contributed by atoms with Crippen LogP contribution in [0.15, 0.2) is 0 Å². The lowest BCUT2D eigenvalue weighted by Crippen LogP contribution is -2.32. The minimum Gasteiger partial charge on any atom is -0.480 e. The van der Waals surface area contributed by atoms with Crippen molar-refractivity contribution in [2.75, 3.05) is 11.4 Å². The fourth-order valence-electron chi connectivity index (χ4n) is 0.266. The number of hydrogen-bond donors (Lipinski definition) is 2. The largest absolute Gasteiger partial charge is 0.480 e. The van der Waals surface area contributed by atoms with Crippen LogP contribution in [-0.4, -0.2) is 36.4 Å². The summed E-state index contributed by atoms with van der Waals surface area (Å²) in [5, 5.41) is 8.23. The van der Waals surface area contributed by atoms with E-state index >= 15 is 0 Å². The van der Waals surface area contributed by atoms with Gasteiger partial charge in [-0.1, -0.05) is 0 Å². The van der Waals surface area contributed by atoms with Crippen molar-refractivity contribution in [1.82, 2.24) is 0 Å². The van der Waals surface area contributed by atoms with Crippen LogP contribution in [0.2, 0.25) is 0 Å². The van der Waals surface area contributed by atoms with E-state index in [4.69, 9.17) is 18.7 Å². The molecule has 2 radical (unpaired) electrons. The summed E-state index contributed by atoms with van der Waals surface area (Å²) in [5.74, 6) is -0.595. The molecule has 0 aliphatic rings. The maximum absolute atomic E-state index is 10.0. The van der Waals surface area contributed by atoms with E-state index in [-0.39, 0.29) is 0 Å². The summed E-state index contributed by atoms with van der Waals surface area (Å²) in [7, 11) is 5.09. The van der Waals surface area contributed by atoms with Crippen molar-refractivity contribution < 1.29 is 9.90 Å². The van der Waals surface area contributed by atoms with E-state index in [0.29, 0.717) is 11.4 Å². The van der Waals surface area contributed by atoms with Crippen LogP contribution in [0, 0.1) is 0 Å². The van der Waals surface area contributed by atoms with E-state index in [1.807, 2.05) is 0 Å². The topological polar surface area (TPSA) is 63.3 Å². The third-order valence-electron chi connectivity index (χ3n) is 0.732. The number of aliphatic carboxylic acids is 1. The number of carboxylic acids is 1. The van der Waals surface area contributed by atoms with Crippen molar-refractivity contribution in [2.45, 2.75) is 6.04 Å². The molecule has 0 aromatic carbocycles. The van der Waals surface area contributed by atoms with Crippen LogP contribution < -0.4 is 5.73 Å². The number of nitrogens with two attached hydrogens (primary N) is 1. The van der Waals surface area contributed by atoms with Gasteiger partial charge in [0.2, 0.25) is 0 Å². The highest BCUT2D eigenvalue weighted by Gasteiger charge is 2.09. The molecule has 3 N–H and O–H groups in total. The summed E-state index contributed by atoms with van der Waals surface area (Å²) in [4.78, 5) is 10.0. The second-order valence-corrected chi connectivity index (χ2v) is 2.56. The molecule has 50 valence electrons. The molecule has 9 heavy (non-hydrogen) atoms. The predicted octanol–water partition coefficient (Wildman–Crippen LogP) is -0.742. The normalized spacial score (nSPS) is 13.0. The number of carbonyl (C=O) groups is 1. The van der Waals surface area contributed by atoms with E-state index in [9.17, 15) is 4.79 Å². The summed E-state index contributed by atoms with van der Waals surface area (Å²) in [6.07, 6.45) is 0. The average Bonchev–Trinajstić information content (AvgIpc) is 1.82. The van der Waals surface area contributed by atoms with Gasteiger partial charge in [-0.3, -0.25) is 4.79 Å². The highest BCUT2D eigenvalue weighted by atomic mass is 32.2. The zero-order chi connectivity index (χ0) is 7.28. The Morgan fingerprint density at radius 1 is 1.89 bits per heavy atom. The maximum atomic E-state index is 10.0. The van der Waals surface area contributed by atoms with Gasteiger partial charge in [0, 0.05) is 5.75 Å². The zero-order valence-electron chi connectivity index (χ0n) is 4.91. The first kappa shape index (κ1) is 8.84. The summed E-state index contributed by atoms with van der Waals surface area (Å²) in [6.45, 7) is 0. The monoisotopic (exact) mass is 145 g/mol. The standard InChI is InChI=1S/C4H8BNO2S/c5-2-9-1-3(6)4(7)8/h3H,1-2,6H2,(H,7,8). The smallest absolute Gasteiger partial charge is 0.321 e. The first-order valence-electron chi connectivity index (χ1n) is 2.44. The molecule has 0 saturated carbocycles. The Morgan fingerprint density at radius 3 is 2.78 bits per heavy atom. The van der Waals surface area contributed by atoms with Gasteiger partial charge in [-0.25, -0.2) is 0 Å². The Balaban J connectivity index is 3.27. The first-order valence-corrected chi connectivity index (χ1v) is 3.60. The highest BCUT2D eigenvalue weighted by Crippen LogP contribution is 1.97. The van der Waals surface area contributed by atoms with E-state index in [2.05, 4.69) is 0 Å². The van der Waals surface area contributed by atoms with Gasteiger partial charge < -0.3 is 10.8 Å². The molecule has 0 rings (SSSR count). The number of carboxylic acid groups (broad SMARTS) is 1. The quantitative estimate of drug-likeness (QED) is 0.511. The molecule has 0 fully saturated rings. The molecule has 0 aliphatic carbocycles. The van der Waals surface area contributed by atoms with Crippen molar-refractivity contribution in [3.05, 3.63) is 0 Å². The third-order valence-corrected chi connectivity index (χ3v) is 1.56. The zero-order valence-corrected chi connectivity index (χ0v) is 5.73. The van der Waals surface area contributed by atoms with Gasteiger partial charge in [-0.05, 0) is 5.65 Å². The Bertz CT molecular complexity index is 101. The van der Waals surface area contributed by atoms with E-state index in [1.54, 1.807) is 0 Å². The van der Waals surface area contributed by atoms with E-state index in [0.717, 1.165) is 0 Å². The van der Waals surface area contributed by atoms with Crippen LogP contribution >= 0.6 is 11.8 Å². The van der Waals surface area contributed by atoms with Gasteiger partial charge in [0.05, 0.1) is 7.85 Å². The molecule has 0 saturated heterocycles. The molecular formula is C4H8BNO2S. The van der Waals surface area contributed by atoms with E-state index < -0.39 is 12.0 Å². The molecule has 0 heterocycles. The lowest BCUT2D eigenvalue weighted by atomic mass is 10.2. The van der Waals surface area contributed by atoms with Crippen molar-refractivity contribution in [3.8, 4) is 0 Å². The average molecular weight is 145 g/mol. The Hall–Kier alpha value is -0.155. The summed E-state index contributed by atoms with van der Waals surface area (Å²) in [5.41, 5.74) is 5.54.